The average molecular weight is 505 g/mol. The van der Waals surface area contributed by atoms with Crippen LogP contribution < -0.4 is 0 Å². The van der Waals surface area contributed by atoms with Crippen molar-refractivity contribution in [1.82, 2.24) is 0 Å². The van der Waals surface area contributed by atoms with E-state index in [1.165, 1.54) is 128 Å². The van der Waals surface area contributed by atoms with Crippen molar-refractivity contribution in [3.8, 4) is 0 Å². The molecule has 4 saturated carbocycles. The summed E-state index contributed by atoms with van der Waals surface area (Å²) >= 11 is 0. The van der Waals surface area contributed by atoms with Crippen LogP contribution in [-0.4, -0.2) is 25.4 Å². The predicted octanol–water partition coefficient (Wildman–Crippen LogP) is 10.4. The summed E-state index contributed by atoms with van der Waals surface area (Å²) in [5.41, 5.74) is 0. The molecule has 0 radical (unpaired) electrons. The maximum atomic E-state index is 5.77. The van der Waals surface area contributed by atoms with Crippen molar-refractivity contribution in [2.45, 2.75) is 168 Å². The molecule has 0 N–H and O–H groups in total. The molecule has 212 valence electrons. The van der Waals surface area contributed by atoms with Crippen molar-refractivity contribution in [2.75, 3.05) is 13.2 Å². The smallest absolute Gasteiger partial charge is 0.0575 e. The largest absolute Gasteiger partial charge is 0.379 e. The minimum atomic E-state index is 0.586. The molecule has 0 saturated heterocycles. The van der Waals surface area contributed by atoms with Gasteiger partial charge in [-0.05, 0) is 126 Å². The van der Waals surface area contributed by atoms with E-state index in [4.69, 9.17) is 9.47 Å². The molecule has 0 amide bonds. The van der Waals surface area contributed by atoms with Gasteiger partial charge >= 0.3 is 0 Å². The Balaban J connectivity index is 0.000000201. The van der Waals surface area contributed by atoms with E-state index in [9.17, 15) is 0 Å². The molecule has 4 aliphatic carbocycles. The van der Waals surface area contributed by atoms with E-state index >= 15 is 0 Å². The fourth-order valence-corrected chi connectivity index (χ4v) is 8.64. The Morgan fingerprint density at radius 3 is 0.917 bits per heavy atom. The van der Waals surface area contributed by atoms with Gasteiger partial charge in [0, 0.05) is 13.2 Å². The first kappa shape index (κ1) is 30.5. The zero-order chi connectivity index (χ0) is 25.6. The fraction of sp³-hybridized carbons (Fsp3) is 1.00. The third-order valence-corrected chi connectivity index (χ3v) is 10.8. The van der Waals surface area contributed by atoms with E-state index in [0.717, 1.165) is 48.7 Å². The Kier molecular flexibility index (Phi) is 14.8. The van der Waals surface area contributed by atoms with Crippen LogP contribution in [0.15, 0.2) is 0 Å². The van der Waals surface area contributed by atoms with Gasteiger partial charge in [-0.15, -0.1) is 0 Å². The number of rotatable bonds is 10. The zero-order valence-electron chi connectivity index (χ0n) is 25.0. The second kappa shape index (κ2) is 17.5. The van der Waals surface area contributed by atoms with Crippen LogP contribution in [0.25, 0.3) is 0 Å². The van der Waals surface area contributed by atoms with Crippen molar-refractivity contribution >= 4 is 0 Å². The molecule has 0 bridgehead atoms. The van der Waals surface area contributed by atoms with Crippen molar-refractivity contribution in [3.05, 3.63) is 0 Å². The molecule has 0 atom stereocenters. The van der Waals surface area contributed by atoms with E-state index in [1.807, 2.05) is 0 Å². The summed E-state index contributed by atoms with van der Waals surface area (Å²) < 4.78 is 11.5. The lowest BCUT2D eigenvalue weighted by Gasteiger charge is -2.37. The molecular formula is C34H64O2. The highest BCUT2D eigenvalue weighted by atomic mass is 16.5. The minimum absolute atomic E-state index is 0.586. The van der Waals surface area contributed by atoms with Crippen molar-refractivity contribution < 1.29 is 9.47 Å². The first-order valence-electron chi connectivity index (χ1n) is 16.9. The highest BCUT2D eigenvalue weighted by Crippen LogP contribution is 2.42. The monoisotopic (exact) mass is 504 g/mol. The molecule has 2 nitrogen and oxygen atoms in total. The van der Waals surface area contributed by atoms with E-state index in [1.54, 1.807) is 0 Å². The van der Waals surface area contributed by atoms with Crippen molar-refractivity contribution in [1.29, 1.82) is 0 Å². The Morgan fingerprint density at radius 1 is 0.389 bits per heavy atom. The van der Waals surface area contributed by atoms with Gasteiger partial charge in [0.05, 0.1) is 12.2 Å². The van der Waals surface area contributed by atoms with Crippen LogP contribution >= 0.6 is 0 Å². The molecule has 4 fully saturated rings. The van der Waals surface area contributed by atoms with Gasteiger partial charge in [-0.3, -0.25) is 0 Å². The quantitative estimate of drug-likeness (QED) is 0.294. The summed E-state index contributed by atoms with van der Waals surface area (Å²) in [4.78, 5) is 0. The van der Waals surface area contributed by atoms with Gasteiger partial charge in [-0.25, -0.2) is 0 Å². The molecule has 0 spiro atoms. The molecule has 2 heteroatoms. The zero-order valence-corrected chi connectivity index (χ0v) is 25.0. The van der Waals surface area contributed by atoms with Crippen LogP contribution in [0.2, 0.25) is 0 Å². The number of ether oxygens (including phenoxy) is 2. The highest BCUT2D eigenvalue weighted by Gasteiger charge is 2.32. The first-order chi connectivity index (χ1) is 17.7. The van der Waals surface area contributed by atoms with Crippen molar-refractivity contribution in [2.24, 2.45) is 35.5 Å². The molecule has 0 unspecified atom stereocenters. The maximum Gasteiger partial charge on any atom is 0.0575 e. The number of hydrogen-bond donors (Lipinski definition) is 0. The SMILES string of the molecule is CCCC1CCC(C2CCC(OCC)CC2)CC1.CCCC1CCC(C2CCC(OCC)CC2)CC1. The summed E-state index contributed by atoms with van der Waals surface area (Å²) in [6.07, 6.45) is 30.1. The van der Waals surface area contributed by atoms with Crippen LogP contribution in [0.3, 0.4) is 0 Å². The summed E-state index contributed by atoms with van der Waals surface area (Å²) in [5, 5.41) is 0. The van der Waals surface area contributed by atoms with Gasteiger partial charge in [0.2, 0.25) is 0 Å². The standard InChI is InChI=1S/2C17H32O/c2*1-3-5-14-6-8-15(9-7-14)16-10-12-17(13-11-16)18-4-2/h2*14-17H,3-13H2,1-2H3. The molecule has 0 aliphatic heterocycles. The normalized spacial score (nSPS) is 37.7. The Morgan fingerprint density at radius 2 is 0.667 bits per heavy atom. The van der Waals surface area contributed by atoms with Crippen LogP contribution in [-0.2, 0) is 9.47 Å². The van der Waals surface area contributed by atoms with Gasteiger partial charge < -0.3 is 9.47 Å². The van der Waals surface area contributed by atoms with E-state index in [0.29, 0.717) is 12.2 Å². The lowest BCUT2D eigenvalue weighted by molar-refractivity contribution is 0.0133. The van der Waals surface area contributed by atoms with Crippen LogP contribution in [0.4, 0.5) is 0 Å². The van der Waals surface area contributed by atoms with Gasteiger partial charge in [0.1, 0.15) is 0 Å². The average Bonchev–Trinajstić information content (AvgIpc) is 2.92. The molecule has 36 heavy (non-hydrogen) atoms. The number of hydrogen-bond acceptors (Lipinski definition) is 2. The van der Waals surface area contributed by atoms with E-state index in [2.05, 4.69) is 27.7 Å². The third kappa shape index (κ3) is 10.2. The van der Waals surface area contributed by atoms with Crippen LogP contribution in [0, 0.1) is 35.5 Å². The highest BCUT2D eigenvalue weighted by molar-refractivity contribution is 4.83. The lowest BCUT2D eigenvalue weighted by atomic mass is 9.70. The fourth-order valence-electron chi connectivity index (χ4n) is 8.64. The maximum absolute atomic E-state index is 5.77. The molecule has 0 aromatic rings. The van der Waals surface area contributed by atoms with Crippen molar-refractivity contribution in [3.63, 3.8) is 0 Å². The first-order valence-corrected chi connectivity index (χ1v) is 16.9. The Bertz CT molecular complexity index is 419. The third-order valence-electron chi connectivity index (χ3n) is 10.8. The molecule has 0 heterocycles. The molecule has 0 aromatic carbocycles. The van der Waals surface area contributed by atoms with Crippen LogP contribution in [0.1, 0.15) is 156 Å². The van der Waals surface area contributed by atoms with Gasteiger partial charge in [-0.1, -0.05) is 65.2 Å². The van der Waals surface area contributed by atoms with Gasteiger partial charge in [0.25, 0.3) is 0 Å². The van der Waals surface area contributed by atoms with Gasteiger partial charge in [0.15, 0.2) is 0 Å². The van der Waals surface area contributed by atoms with Crippen LogP contribution in [0.5, 0.6) is 0 Å². The second-order valence-electron chi connectivity index (χ2n) is 13.1. The Hall–Kier alpha value is -0.0800. The summed E-state index contributed by atoms with van der Waals surface area (Å²) in [7, 11) is 0. The molecule has 4 aliphatic rings. The lowest BCUT2D eigenvalue weighted by Crippen LogP contribution is -2.28. The minimum Gasteiger partial charge on any atom is -0.379 e. The predicted molar refractivity (Wildman–Crippen MR) is 155 cm³/mol. The molecule has 4 rings (SSSR count). The summed E-state index contributed by atoms with van der Waals surface area (Å²) in [5.74, 6) is 6.30. The van der Waals surface area contributed by atoms with E-state index < -0.39 is 0 Å². The molecule has 0 aromatic heterocycles. The van der Waals surface area contributed by atoms with E-state index in [-0.39, 0.29) is 0 Å². The summed E-state index contributed by atoms with van der Waals surface area (Å²) in [6, 6.07) is 0. The Labute approximate surface area is 226 Å². The molecular weight excluding hydrogens is 440 g/mol. The summed E-state index contributed by atoms with van der Waals surface area (Å²) in [6.45, 7) is 10.7. The topological polar surface area (TPSA) is 18.5 Å². The van der Waals surface area contributed by atoms with Gasteiger partial charge in [-0.2, -0.15) is 0 Å². The second-order valence-corrected chi connectivity index (χ2v) is 13.1.